The Morgan fingerprint density at radius 3 is 2.54 bits per heavy atom. The standard InChI is InChI=1S/C20H27N5O/c1-16(2)14-22-20-21-9-8-18(23-20)19(26)25-12-10-24(11-13-25)15-17-6-4-3-5-7-17/h3-9,16H,10-15H2,1-2H3,(H,21,22,23). The van der Waals surface area contributed by atoms with Crippen molar-refractivity contribution in [2.24, 2.45) is 5.92 Å². The minimum absolute atomic E-state index is 0.0145. The number of carbonyl (C=O) groups excluding carboxylic acids is 1. The van der Waals surface area contributed by atoms with Crippen LogP contribution in [0.3, 0.4) is 0 Å². The summed E-state index contributed by atoms with van der Waals surface area (Å²) >= 11 is 0. The number of hydrogen-bond acceptors (Lipinski definition) is 5. The summed E-state index contributed by atoms with van der Waals surface area (Å²) in [4.78, 5) is 25.6. The number of amides is 1. The zero-order valence-electron chi connectivity index (χ0n) is 15.6. The summed E-state index contributed by atoms with van der Waals surface area (Å²) < 4.78 is 0. The lowest BCUT2D eigenvalue weighted by Gasteiger charge is -2.34. The molecular formula is C20H27N5O. The first-order chi connectivity index (χ1) is 12.6. The molecule has 26 heavy (non-hydrogen) atoms. The largest absolute Gasteiger partial charge is 0.354 e. The Hall–Kier alpha value is -2.47. The van der Waals surface area contributed by atoms with Crippen LogP contribution in [0.5, 0.6) is 0 Å². The number of benzene rings is 1. The fourth-order valence-corrected chi connectivity index (χ4v) is 2.97. The molecule has 1 saturated heterocycles. The molecular weight excluding hydrogens is 326 g/mol. The van der Waals surface area contributed by atoms with Crippen molar-refractivity contribution in [2.45, 2.75) is 20.4 Å². The summed E-state index contributed by atoms with van der Waals surface area (Å²) in [6.45, 7) is 9.17. The van der Waals surface area contributed by atoms with Gasteiger partial charge in [0.25, 0.3) is 5.91 Å². The Bertz CT molecular complexity index is 711. The molecule has 2 aromatic rings. The van der Waals surface area contributed by atoms with Crippen LogP contribution in [0.4, 0.5) is 5.95 Å². The van der Waals surface area contributed by atoms with Crippen LogP contribution in [0.15, 0.2) is 42.6 Å². The number of aromatic nitrogens is 2. The van der Waals surface area contributed by atoms with Crippen LogP contribution in [0.2, 0.25) is 0 Å². The lowest BCUT2D eigenvalue weighted by Crippen LogP contribution is -2.48. The number of carbonyl (C=O) groups is 1. The van der Waals surface area contributed by atoms with E-state index in [9.17, 15) is 4.79 Å². The second-order valence-corrected chi connectivity index (χ2v) is 7.09. The Morgan fingerprint density at radius 1 is 1.12 bits per heavy atom. The summed E-state index contributed by atoms with van der Waals surface area (Å²) in [6, 6.07) is 12.1. The van der Waals surface area contributed by atoms with Gasteiger partial charge in [-0.05, 0) is 17.5 Å². The normalized spacial score (nSPS) is 15.3. The fourth-order valence-electron chi connectivity index (χ4n) is 2.97. The molecule has 2 heterocycles. The van der Waals surface area contributed by atoms with E-state index in [1.807, 2.05) is 11.0 Å². The monoisotopic (exact) mass is 353 g/mol. The van der Waals surface area contributed by atoms with Crippen LogP contribution in [-0.4, -0.2) is 58.4 Å². The maximum atomic E-state index is 12.7. The number of anilines is 1. The Balaban J connectivity index is 1.54. The van der Waals surface area contributed by atoms with E-state index < -0.39 is 0 Å². The zero-order chi connectivity index (χ0) is 18.4. The topological polar surface area (TPSA) is 61.4 Å². The van der Waals surface area contributed by atoms with Gasteiger partial charge in [-0.15, -0.1) is 0 Å². The van der Waals surface area contributed by atoms with E-state index >= 15 is 0 Å². The molecule has 1 N–H and O–H groups in total. The summed E-state index contributed by atoms with van der Waals surface area (Å²) in [5.74, 6) is 1.00. The number of nitrogens with zero attached hydrogens (tertiary/aromatic N) is 4. The van der Waals surface area contributed by atoms with Gasteiger partial charge in [0.1, 0.15) is 5.69 Å². The summed E-state index contributed by atoms with van der Waals surface area (Å²) in [6.07, 6.45) is 1.65. The third-order valence-electron chi connectivity index (χ3n) is 4.45. The molecule has 138 valence electrons. The van der Waals surface area contributed by atoms with Crippen LogP contribution in [0, 0.1) is 5.92 Å². The van der Waals surface area contributed by atoms with Crippen LogP contribution < -0.4 is 5.32 Å². The molecule has 0 bridgehead atoms. The molecule has 3 rings (SSSR count). The lowest BCUT2D eigenvalue weighted by molar-refractivity contribution is 0.0622. The molecule has 0 aliphatic carbocycles. The third-order valence-corrected chi connectivity index (χ3v) is 4.45. The van der Waals surface area contributed by atoms with Gasteiger partial charge < -0.3 is 10.2 Å². The van der Waals surface area contributed by atoms with E-state index in [0.29, 0.717) is 17.6 Å². The quantitative estimate of drug-likeness (QED) is 0.865. The predicted molar refractivity (Wildman–Crippen MR) is 103 cm³/mol. The van der Waals surface area contributed by atoms with E-state index in [0.717, 1.165) is 39.3 Å². The van der Waals surface area contributed by atoms with Crippen LogP contribution in [0.1, 0.15) is 29.9 Å². The molecule has 6 heteroatoms. The van der Waals surface area contributed by atoms with Crippen molar-refractivity contribution in [3.63, 3.8) is 0 Å². The molecule has 6 nitrogen and oxygen atoms in total. The first-order valence-corrected chi connectivity index (χ1v) is 9.24. The molecule has 1 aromatic carbocycles. The molecule has 0 atom stereocenters. The highest BCUT2D eigenvalue weighted by molar-refractivity contribution is 5.92. The molecule has 0 unspecified atom stereocenters. The molecule has 1 fully saturated rings. The maximum absolute atomic E-state index is 12.7. The average Bonchev–Trinajstić information content (AvgIpc) is 2.67. The minimum atomic E-state index is -0.0145. The Labute approximate surface area is 155 Å². The first-order valence-electron chi connectivity index (χ1n) is 9.24. The summed E-state index contributed by atoms with van der Waals surface area (Å²) in [7, 11) is 0. The number of rotatable bonds is 6. The van der Waals surface area contributed by atoms with Crippen molar-refractivity contribution in [3.05, 3.63) is 53.9 Å². The molecule has 1 aliphatic rings. The minimum Gasteiger partial charge on any atom is -0.354 e. The van der Waals surface area contributed by atoms with Gasteiger partial charge in [-0.25, -0.2) is 9.97 Å². The van der Waals surface area contributed by atoms with E-state index in [2.05, 4.69) is 58.3 Å². The van der Waals surface area contributed by atoms with Crippen LogP contribution >= 0.6 is 0 Å². The van der Waals surface area contributed by atoms with Crippen molar-refractivity contribution in [3.8, 4) is 0 Å². The fraction of sp³-hybridized carbons (Fsp3) is 0.450. The van der Waals surface area contributed by atoms with Crippen molar-refractivity contribution < 1.29 is 4.79 Å². The van der Waals surface area contributed by atoms with Crippen LogP contribution in [-0.2, 0) is 6.54 Å². The molecule has 1 amide bonds. The summed E-state index contributed by atoms with van der Waals surface area (Å²) in [5, 5.41) is 3.18. The van der Waals surface area contributed by atoms with Gasteiger partial charge >= 0.3 is 0 Å². The second-order valence-electron chi connectivity index (χ2n) is 7.09. The van der Waals surface area contributed by atoms with Gasteiger partial charge in [0, 0.05) is 45.5 Å². The smallest absolute Gasteiger partial charge is 0.272 e. The van der Waals surface area contributed by atoms with E-state index in [4.69, 9.17) is 0 Å². The summed E-state index contributed by atoms with van der Waals surface area (Å²) in [5.41, 5.74) is 1.77. The SMILES string of the molecule is CC(C)CNc1nccc(C(=O)N2CCN(Cc3ccccc3)CC2)n1. The molecule has 1 aromatic heterocycles. The molecule has 1 aliphatic heterocycles. The van der Waals surface area contributed by atoms with Crippen molar-refractivity contribution in [2.75, 3.05) is 38.0 Å². The van der Waals surface area contributed by atoms with Gasteiger partial charge in [-0.1, -0.05) is 44.2 Å². The van der Waals surface area contributed by atoms with Gasteiger partial charge in [-0.2, -0.15) is 0 Å². The molecule has 0 saturated carbocycles. The lowest BCUT2D eigenvalue weighted by atomic mass is 10.2. The van der Waals surface area contributed by atoms with Crippen molar-refractivity contribution >= 4 is 11.9 Å². The Morgan fingerprint density at radius 2 is 1.85 bits per heavy atom. The number of piperazine rings is 1. The van der Waals surface area contributed by atoms with E-state index in [1.165, 1.54) is 5.56 Å². The maximum Gasteiger partial charge on any atom is 0.272 e. The Kier molecular flexibility index (Phi) is 6.17. The van der Waals surface area contributed by atoms with Gasteiger partial charge in [0.2, 0.25) is 5.95 Å². The highest BCUT2D eigenvalue weighted by Gasteiger charge is 2.23. The second kappa shape index (κ2) is 8.76. The zero-order valence-corrected chi connectivity index (χ0v) is 15.6. The predicted octanol–water partition coefficient (Wildman–Crippen LogP) is 2.50. The van der Waals surface area contributed by atoms with Gasteiger partial charge in [-0.3, -0.25) is 9.69 Å². The van der Waals surface area contributed by atoms with E-state index in [-0.39, 0.29) is 5.91 Å². The highest BCUT2D eigenvalue weighted by Crippen LogP contribution is 2.11. The molecule has 0 radical (unpaired) electrons. The number of hydrogen-bond donors (Lipinski definition) is 1. The third kappa shape index (κ3) is 5.02. The van der Waals surface area contributed by atoms with E-state index in [1.54, 1.807) is 12.3 Å². The number of nitrogens with one attached hydrogen (secondary N) is 1. The van der Waals surface area contributed by atoms with Gasteiger partial charge in [0.05, 0.1) is 0 Å². The van der Waals surface area contributed by atoms with Crippen molar-refractivity contribution in [1.82, 2.24) is 19.8 Å². The van der Waals surface area contributed by atoms with Gasteiger partial charge in [0.15, 0.2) is 0 Å². The first kappa shape index (κ1) is 18.3. The van der Waals surface area contributed by atoms with Crippen LogP contribution in [0.25, 0.3) is 0 Å². The average molecular weight is 353 g/mol. The van der Waals surface area contributed by atoms with Crippen molar-refractivity contribution in [1.29, 1.82) is 0 Å². The molecule has 0 spiro atoms. The highest BCUT2D eigenvalue weighted by atomic mass is 16.2.